The van der Waals surface area contributed by atoms with Gasteiger partial charge in [-0.2, -0.15) is 0 Å². The molecule has 7 heteroatoms. The Labute approximate surface area is 181 Å². The molecule has 0 aromatic heterocycles. The summed E-state index contributed by atoms with van der Waals surface area (Å²) in [5, 5.41) is 2.77. The van der Waals surface area contributed by atoms with Gasteiger partial charge in [0.1, 0.15) is 17.1 Å². The van der Waals surface area contributed by atoms with Crippen molar-refractivity contribution in [2.45, 2.75) is 32.9 Å². The third-order valence-electron chi connectivity index (χ3n) is 3.17. The molecule has 1 amide bonds. The first-order chi connectivity index (χ1) is 12.2. The summed E-state index contributed by atoms with van der Waals surface area (Å²) < 4.78 is 18.3. The first-order valence-corrected chi connectivity index (χ1v) is 10.1. The fourth-order valence-corrected chi connectivity index (χ4v) is 4.18. The molecule has 0 aliphatic heterocycles. The third kappa shape index (κ3) is 6.49. The number of ether oxygens (including phenoxy) is 3. The van der Waals surface area contributed by atoms with Crippen LogP contribution in [-0.4, -0.2) is 18.8 Å². The monoisotopic (exact) mass is 581 g/mol. The highest BCUT2D eigenvalue weighted by atomic mass is 127. The Morgan fingerprint density at radius 1 is 1.04 bits per heavy atom. The number of amides is 1. The lowest BCUT2D eigenvalue weighted by Crippen LogP contribution is -2.32. The Morgan fingerprint density at radius 3 is 2.08 bits per heavy atom. The minimum Gasteiger partial charge on any atom is -0.497 e. The minimum absolute atomic E-state index is 0.393. The van der Waals surface area contributed by atoms with Gasteiger partial charge < -0.3 is 19.5 Å². The van der Waals surface area contributed by atoms with Crippen molar-refractivity contribution in [3.8, 4) is 17.2 Å². The topological polar surface area (TPSA) is 56.8 Å². The molecule has 0 heterocycles. The average molecular weight is 581 g/mol. The largest absolute Gasteiger partial charge is 0.497 e. The first kappa shape index (κ1) is 21.1. The zero-order valence-corrected chi connectivity index (χ0v) is 19.4. The predicted octanol–water partition coefficient (Wildman–Crippen LogP) is 5.72. The van der Waals surface area contributed by atoms with Gasteiger partial charge in [-0.05, 0) is 108 Å². The molecule has 2 rings (SSSR count). The van der Waals surface area contributed by atoms with Gasteiger partial charge in [0.25, 0.3) is 0 Å². The quantitative estimate of drug-likeness (QED) is 0.460. The van der Waals surface area contributed by atoms with Gasteiger partial charge in [-0.3, -0.25) is 0 Å². The number of benzene rings is 2. The lowest BCUT2D eigenvalue weighted by Gasteiger charge is -2.20. The maximum absolute atomic E-state index is 11.8. The van der Waals surface area contributed by atoms with Gasteiger partial charge in [0.2, 0.25) is 0 Å². The highest BCUT2D eigenvalue weighted by Gasteiger charge is 2.16. The van der Waals surface area contributed by atoms with Crippen LogP contribution >= 0.6 is 45.2 Å². The van der Waals surface area contributed by atoms with Crippen molar-refractivity contribution in [2.24, 2.45) is 0 Å². The molecular weight excluding hydrogens is 560 g/mol. The molecule has 0 fully saturated rings. The normalized spacial score (nSPS) is 11.0. The summed E-state index contributed by atoms with van der Waals surface area (Å²) in [5.41, 5.74) is 0.468. The Morgan fingerprint density at radius 2 is 1.58 bits per heavy atom. The van der Waals surface area contributed by atoms with Crippen LogP contribution < -0.4 is 14.8 Å². The number of methoxy groups -OCH3 is 1. The van der Waals surface area contributed by atoms with E-state index in [2.05, 4.69) is 50.5 Å². The van der Waals surface area contributed by atoms with E-state index < -0.39 is 11.7 Å². The van der Waals surface area contributed by atoms with Gasteiger partial charge in [-0.1, -0.05) is 0 Å². The second-order valence-electron chi connectivity index (χ2n) is 6.52. The summed E-state index contributed by atoms with van der Waals surface area (Å²) in [6, 6.07) is 11.4. The number of halogens is 2. The molecule has 2 aromatic rings. The van der Waals surface area contributed by atoms with E-state index >= 15 is 0 Å². The van der Waals surface area contributed by atoms with Gasteiger partial charge in [0, 0.05) is 6.54 Å². The van der Waals surface area contributed by atoms with Crippen LogP contribution in [0.3, 0.4) is 0 Å². The Hall–Kier alpha value is -1.23. The molecule has 0 unspecified atom stereocenters. The first-order valence-electron chi connectivity index (χ1n) is 7.94. The maximum atomic E-state index is 11.8. The molecule has 0 aliphatic rings. The van der Waals surface area contributed by atoms with E-state index in [0.29, 0.717) is 6.54 Å². The third-order valence-corrected chi connectivity index (χ3v) is 4.78. The highest BCUT2D eigenvalue weighted by Crippen LogP contribution is 2.33. The molecular formula is C19H21I2NO4. The molecule has 0 atom stereocenters. The molecule has 0 saturated carbocycles. The van der Waals surface area contributed by atoms with Crippen LogP contribution in [0.25, 0.3) is 0 Å². The number of hydrogen-bond acceptors (Lipinski definition) is 4. The second kappa shape index (κ2) is 9.12. The highest BCUT2D eigenvalue weighted by molar-refractivity contribution is 14.1. The molecule has 0 aliphatic carbocycles. The van der Waals surface area contributed by atoms with Gasteiger partial charge >= 0.3 is 6.09 Å². The Balaban J connectivity index is 2.06. The summed E-state index contributed by atoms with van der Waals surface area (Å²) in [6.45, 7) is 5.90. The van der Waals surface area contributed by atoms with E-state index in [1.54, 1.807) is 7.11 Å². The van der Waals surface area contributed by atoms with Crippen molar-refractivity contribution in [3.05, 3.63) is 49.1 Å². The van der Waals surface area contributed by atoms with Crippen molar-refractivity contribution in [1.82, 2.24) is 5.32 Å². The van der Waals surface area contributed by atoms with E-state index in [-0.39, 0.29) is 0 Å². The van der Waals surface area contributed by atoms with Gasteiger partial charge in [0.05, 0.1) is 14.3 Å². The molecule has 5 nitrogen and oxygen atoms in total. The number of carbonyl (C=O) groups is 1. The van der Waals surface area contributed by atoms with Crippen LogP contribution in [0.5, 0.6) is 17.2 Å². The van der Waals surface area contributed by atoms with Crippen molar-refractivity contribution < 1.29 is 19.0 Å². The molecule has 2 aromatic carbocycles. The second-order valence-corrected chi connectivity index (χ2v) is 8.85. The average Bonchev–Trinajstić information content (AvgIpc) is 2.55. The number of hydrogen-bond donors (Lipinski definition) is 1. The van der Waals surface area contributed by atoms with Crippen LogP contribution in [0.2, 0.25) is 0 Å². The number of rotatable bonds is 5. The zero-order chi connectivity index (χ0) is 19.3. The molecule has 0 saturated heterocycles. The molecule has 140 valence electrons. The summed E-state index contributed by atoms with van der Waals surface area (Å²) in [4.78, 5) is 11.8. The molecule has 0 spiro atoms. The summed E-state index contributed by atoms with van der Waals surface area (Å²) >= 11 is 4.47. The zero-order valence-electron chi connectivity index (χ0n) is 15.1. The van der Waals surface area contributed by atoms with E-state index in [1.165, 1.54) is 0 Å². The van der Waals surface area contributed by atoms with Crippen LogP contribution in [0.15, 0.2) is 36.4 Å². The molecule has 26 heavy (non-hydrogen) atoms. The van der Waals surface area contributed by atoms with Gasteiger partial charge in [-0.15, -0.1) is 0 Å². The smallest absolute Gasteiger partial charge is 0.407 e. The Bertz CT molecular complexity index is 747. The van der Waals surface area contributed by atoms with Crippen LogP contribution in [0, 0.1) is 7.14 Å². The fraction of sp³-hybridized carbons (Fsp3) is 0.316. The van der Waals surface area contributed by atoms with Gasteiger partial charge in [-0.25, -0.2) is 4.79 Å². The summed E-state index contributed by atoms with van der Waals surface area (Å²) in [6.07, 6.45) is -0.430. The predicted molar refractivity (Wildman–Crippen MR) is 118 cm³/mol. The number of carbonyl (C=O) groups excluding carboxylic acids is 1. The number of nitrogens with one attached hydrogen (secondary N) is 1. The van der Waals surface area contributed by atoms with Crippen LogP contribution in [0.4, 0.5) is 4.79 Å². The number of alkyl carbamates (subject to hydrolysis) is 1. The molecule has 1 N–H and O–H groups in total. The van der Waals surface area contributed by atoms with E-state index in [1.807, 2.05) is 57.2 Å². The molecule has 0 radical (unpaired) electrons. The van der Waals surface area contributed by atoms with Gasteiger partial charge in [0.15, 0.2) is 5.75 Å². The summed E-state index contributed by atoms with van der Waals surface area (Å²) in [5.74, 6) is 2.31. The van der Waals surface area contributed by atoms with E-state index in [0.717, 1.165) is 30.0 Å². The van der Waals surface area contributed by atoms with E-state index in [9.17, 15) is 4.79 Å². The van der Waals surface area contributed by atoms with Crippen molar-refractivity contribution >= 4 is 51.3 Å². The van der Waals surface area contributed by atoms with E-state index in [4.69, 9.17) is 14.2 Å². The molecule has 0 bridgehead atoms. The van der Waals surface area contributed by atoms with Crippen LogP contribution in [-0.2, 0) is 11.3 Å². The van der Waals surface area contributed by atoms with Crippen molar-refractivity contribution in [2.75, 3.05) is 7.11 Å². The lowest BCUT2D eigenvalue weighted by molar-refractivity contribution is 0.0523. The lowest BCUT2D eigenvalue weighted by atomic mass is 10.2. The summed E-state index contributed by atoms with van der Waals surface area (Å²) in [7, 11) is 1.63. The SMILES string of the molecule is COc1ccc(Oc2c(I)cc(CNC(=O)OC(C)(C)C)cc2I)cc1. The fourth-order valence-electron chi connectivity index (χ4n) is 2.06. The van der Waals surface area contributed by atoms with Crippen molar-refractivity contribution in [1.29, 1.82) is 0 Å². The minimum atomic E-state index is -0.511. The maximum Gasteiger partial charge on any atom is 0.407 e. The standard InChI is InChI=1S/C19H21I2NO4/c1-19(2,3)26-18(23)22-11-12-9-15(20)17(16(21)10-12)25-14-7-5-13(24-4)6-8-14/h5-10H,11H2,1-4H3,(H,22,23). The Kier molecular flexibility index (Phi) is 7.39. The van der Waals surface area contributed by atoms with Crippen LogP contribution in [0.1, 0.15) is 26.3 Å². The van der Waals surface area contributed by atoms with Crippen molar-refractivity contribution in [3.63, 3.8) is 0 Å².